The second-order valence-electron chi connectivity index (χ2n) is 5.65. The summed E-state index contributed by atoms with van der Waals surface area (Å²) in [6.07, 6.45) is 2.92. The van der Waals surface area contributed by atoms with Gasteiger partial charge < -0.3 is 9.72 Å². The number of aromatic amines is 1. The third-order valence-corrected chi connectivity index (χ3v) is 4.46. The van der Waals surface area contributed by atoms with E-state index in [0.29, 0.717) is 18.2 Å². The number of rotatable bonds is 3. The average molecular weight is 291 g/mol. The van der Waals surface area contributed by atoms with Crippen molar-refractivity contribution in [3.05, 3.63) is 71.0 Å². The lowest BCUT2D eigenvalue weighted by Crippen LogP contribution is -2.13. The van der Waals surface area contributed by atoms with Gasteiger partial charge in [-0.2, -0.15) is 0 Å². The second kappa shape index (κ2) is 5.02. The summed E-state index contributed by atoms with van der Waals surface area (Å²) < 4.78 is 5.18. The Balaban J connectivity index is 1.90. The van der Waals surface area contributed by atoms with E-state index in [1.807, 2.05) is 19.2 Å². The van der Waals surface area contributed by atoms with Crippen molar-refractivity contribution in [1.82, 2.24) is 4.98 Å². The van der Waals surface area contributed by atoms with Gasteiger partial charge in [-0.3, -0.25) is 0 Å². The van der Waals surface area contributed by atoms with E-state index in [-0.39, 0.29) is 5.97 Å². The molecule has 3 nitrogen and oxygen atoms in total. The Hall–Kier alpha value is -2.55. The monoisotopic (exact) mass is 291 g/mol. The van der Waals surface area contributed by atoms with Crippen molar-refractivity contribution in [2.24, 2.45) is 0 Å². The molecular formula is C19H17NO2. The van der Waals surface area contributed by atoms with Crippen molar-refractivity contribution >= 4 is 16.7 Å². The number of carbonyl (C=O) groups is 1. The van der Waals surface area contributed by atoms with E-state index in [1.54, 1.807) is 0 Å². The molecule has 1 atom stereocenters. The van der Waals surface area contributed by atoms with Crippen molar-refractivity contribution in [2.45, 2.75) is 19.3 Å². The SMILES string of the molecule is CCOC(=O)c1[nH]cc2c3ccc(c12)C(c1ccccc1)C3. The Labute approximate surface area is 128 Å². The van der Waals surface area contributed by atoms with Crippen molar-refractivity contribution in [3.63, 3.8) is 0 Å². The Morgan fingerprint density at radius 3 is 2.82 bits per heavy atom. The summed E-state index contributed by atoms with van der Waals surface area (Å²) in [7, 11) is 0. The van der Waals surface area contributed by atoms with Gasteiger partial charge in [0.2, 0.25) is 0 Å². The second-order valence-corrected chi connectivity index (χ2v) is 5.65. The van der Waals surface area contributed by atoms with E-state index >= 15 is 0 Å². The first-order valence-electron chi connectivity index (χ1n) is 7.64. The highest BCUT2D eigenvalue weighted by Crippen LogP contribution is 2.42. The minimum atomic E-state index is -0.274. The summed E-state index contributed by atoms with van der Waals surface area (Å²) >= 11 is 0. The normalized spacial score (nSPS) is 16.1. The van der Waals surface area contributed by atoms with Crippen LogP contribution in [0.3, 0.4) is 0 Å². The molecule has 0 amide bonds. The molecule has 1 aromatic heterocycles. The van der Waals surface area contributed by atoms with Gasteiger partial charge in [-0.25, -0.2) is 4.79 Å². The van der Waals surface area contributed by atoms with Gasteiger partial charge in [-0.15, -0.1) is 0 Å². The number of benzene rings is 2. The van der Waals surface area contributed by atoms with Crippen LogP contribution < -0.4 is 0 Å². The number of carbonyl (C=O) groups excluding carboxylic acids is 1. The molecule has 110 valence electrons. The first kappa shape index (κ1) is 13.1. The van der Waals surface area contributed by atoms with Crippen molar-refractivity contribution in [2.75, 3.05) is 6.61 Å². The quantitative estimate of drug-likeness (QED) is 0.740. The number of nitrogens with one attached hydrogen (secondary N) is 1. The third kappa shape index (κ3) is 1.86. The fourth-order valence-corrected chi connectivity index (χ4v) is 3.49. The standard InChI is InChI=1S/C19H17NO2/c1-2-22-19(21)18-17-14-9-8-13(16(17)11-20-18)10-15(14)12-6-4-3-5-7-12/h3-9,11,15,20H,2,10H2,1H3. The Morgan fingerprint density at radius 2 is 2.05 bits per heavy atom. The van der Waals surface area contributed by atoms with E-state index in [2.05, 4.69) is 41.4 Å². The van der Waals surface area contributed by atoms with Crippen molar-refractivity contribution < 1.29 is 9.53 Å². The zero-order valence-corrected chi connectivity index (χ0v) is 12.4. The lowest BCUT2D eigenvalue weighted by Gasteiger charge is -2.26. The zero-order chi connectivity index (χ0) is 15.1. The van der Waals surface area contributed by atoms with Crippen LogP contribution in [0.1, 0.15) is 40.0 Å². The molecule has 2 aromatic carbocycles. The van der Waals surface area contributed by atoms with E-state index < -0.39 is 0 Å². The smallest absolute Gasteiger partial charge is 0.355 e. The van der Waals surface area contributed by atoms with Crippen LogP contribution in [0.15, 0.2) is 48.7 Å². The van der Waals surface area contributed by atoms with E-state index in [9.17, 15) is 4.79 Å². The largest absolute Gasteiger partial charge is 0.461 e. The van der Waals surface area contributed by atoms with Crippen LogP contribution in [-0.2, 0) is 11.2 Å². The molecule has 0 spiro atoms. The molecule has 22 heavy (non-hydrogen) atoms. The van der Waals surface area contributed by atoms with Crippen molar-refractivity contribution in [1.29, 1.82) is 0 Å². The number of fused-ring (bicyclic) bond motifs is 2. The van der Waals surface area contributed by atoms with Crippen LogP contribution in [0.5, 0.6) is 0 Å². The van der Waals surface area contributed by atoms with Gasteiger partial charge in [0.15, 0.2) is 0 Å². The highest BCUT2D eigenvalue weighted by molar-refractivity contribution is 6.07. The molecule has 3 heteroatoms. The average Bonchev–Trinajstić information content (AvgIpc) is 3.03. The summed E-state index contributed by atoms with van der Waals surface area (Å²) in [6, 6.07) is 14.8. The predicted molar refractivity (Wildman–Crippen MR) is 86.2 cm³/mol. The minimum Gasteiger partial charge on any atom is -0.461 e. The molecule has 0 saturated heterocycles. The molecule has 0 radical (unpaired) electrons. The topological polar surface area (TPSA) is 42.1 Å². The molecule has 0 fully saturated rings. The molecule has 3 aromatic rings. The van der Waals surface area contributed by atoms with E-state index in [4.69, 9.17) is 4.74 Å². The van der Waals surface area contributed by atoms with Crippen LogP contribution >= 0.6 is 0 Å². The lowest BCUT2D eigenvalue weighted by atomic mass is 9.77. The Bertz CT molecular complexity index is 849. The highest BCUT2D eigenvalue weighted by Gasteiger charge is 2.28. The summed E-state index contributed by atoms with van der Waals surface area (Å²) in [5.74, 6) is 0.0438. The van der Waals surface area contributed by atoms with Crippen LogP contribution in [-0.4, -0.2) is 17.6 Å². The molecule has 2 aliphatic carbocycles. The molecule has 2 aliphatic rings. The zero-order valence-electron chi connectivity index (χ0n) is 12.4. The lowest BCUT2D eigenvalue weighted by molar-refractivity contribution is 0.0522. The van der Waals surface area contributed by atoms with E-state index in [0.717, 1.165) is 17.2 Å². The number of esters is 1. The number of hydrogen-bond donors (Lipinski definition) is 1. The first-order valence-corrected chi connectivity index (χ1v) is 7.64. The van der Waals surface area contributed by atoms with E-state index in [1.165, 1.54) is 16.7 Å². The summed E-state index contributed by atoms with van der Waals surface area (Å²) in [5.41, 5.74) is 4.36. The van der Waals surface area contributed by atoms with Crippen LogP contribution in [0, 0.1) is 0 Å². The van der Waals surface area contributed by atoms with Gasteiger partial charge in [0.1, 0.15) is 5.69 Å². The molecule has 0 saturated carbocycles. The number of hydrogen-bond acceptors (Lipinski definition) is 2. The van der Waals surface area contributed by atoms with Gasteiger partial charge in [-0.1, -0.05) is 42.5 Å². The summed E-state index contributed by atoms with van der Waals surface area (Å²) in [4.78, 5) is 15.3. The Morgan fingerprint density at radius 1 is 1.23 bits per heavy atom. The first-order chi connectivity index (χ1) is 10.8. The maximum absolute atomic E-state index is 12.2. The summed E-state index contributed by atoms with van der Waals surface area (Å²) in [6.45, 7) is 2.21. The molecule has 0 aliphatic heterocycles. The number of aromatic nitrogens is 1. The summed E-state index contributed by atoms with van der Waals surface area (Å²) in [5, 5.41) is 2.17. The van der Waals surface area contributed by atoms with Gasteiger partial charge in [-0.05, 0) is 30.0 Å². The molecule has 1 heterocycles. The molecule has 5 rings (SSSR count). The van der Waals surface area contributed by atoms with Crippen LogP contribution in [0.2, 0.25) is 0 Å². The van der Waals surface area contributed by atoms with Gasteiger partial charge in [0, 0.05) is 22.9 Å². The third-order valence-electron chi connectivity index (χ3n) is 4.46. The van der Waals surface area contributed by atoms with Gasteiger partial charge in [0.05, 0.1) is 6.61 Å². The van der Waals surface area contributed by atoms with Gasteiger partial charge in [0.25, 0.3) is 0 Å². The van der Waals surface area contributed by atoms with Crippen LogP contribution in [0.4, 0.5) is 0 Å². The number of ether oxygens (including phenoxy) is 1. The highest BCUT2D eigenvalue weighted by atomic mass is 16.5. The fourth-order valence-electron chi connectivity index (χ4n) is 3.49. The van der Waals surface area contributed by atoms with Gasteiger partial charge >= 0.3 is 5.97 Å². The molecule has 1 unspecified atom stereocenters. The number of H-pyrrole nitrogens is 1. The predicted octanol–water partition coefficient (Wildman–Crippen LogP) is 4.03. The maximum Gasteiger partial charge on any atom is 0.355 e. The molecule has 2 bridgehead atoms. The minimum absolute atomic E-state index is 0.274. The maximum atomic E-state index is 12.2. The van der Waals surface area contributed by atoms with Crippen LogP contribution in [0.25, 0.3) is 10.8 Å². The van der Waals surface area contributed by atoms with Crippen molar-refractivity contribution in [3.8, 4) is 0 Å². The fraction of sp³-hybridized carbons (Fsp3) is 0.211. The Kier molecular flexibility index (Phi) is 3.00. The molecule has 1 N–H and O–H groups in total. The molecular weight excluding hydrogens is 274 g/mol.